The van der Waals surface area contributed by atoms with Crippen molar-refractivity contribution in [3.05, 3.63) is 88.4 Å². The first kappa shape index (κ1) is 22.6. The summed E-state index contributed by atoms with van der Waals surface area (Å²) in [5.41, 5.74) is 4.62. The van der Waals surface area contributed by atoms with Crippen LogP contribution in [0, 0.1) is 0 Å². The van der Waals surface area contributed by atoms with E-state index in [9.17, 15) is 4.79 Å². The summed E-state index contributed by atoms with van der Waals surface area (Å²) in [4.78, 5) is 15.4. The van der Waals surface area contributed by atoms with Gasteiger partial charge in [-0.05, 0) is 53.3 Å². The van der Waals surface area contributed by atoms with E-state index in [4.69, 9.17) is 27.9 Å². The summed E-state index contributed by atoms with van der Waals surface area (Å²) in [5, 5.41) is 6.46. The van der Waals surface area contributed by atoms with Crippen molar-refractivity contribution in [1.29, 1.82) is 0 Å². The molecule has 4 aromatic carbocycles. The van der Waals surface area contributed by atoms with Crippen LogP contribution in [0.25, 0.3) is 21.9 Å². The molecule has 0 saturated carbocycles. The topological polar surface area (TPSA) is 41.6 Å². The Morgan fingerprint density at radius 2 is 1.71 bits per heavy atom. The standard InChI is InChI=1S/C28H24Cl2N2O2/c1-32(2)27-23-8-5-7-20(17-14-18(29)16-19(30)15-17)21(23)10-11-25(27)31-28(33)24-12-13-34-26-9-4-3-6-22(24)26/h3-11,14-16,24H,12-13H2,1-2H3,(H,31,33)/t24-/m0/s1. The number of hydrogen-bond acceptors (Lipinski definition) is 3. The maximum absolute atomic E-state index is 13.4. The molecule has 0 unspecified atom stereocenters. The predicted molar refractivity (Wildman–Crippen MR) is 142 cm³/mol. The van der Waals surface area contributed by atoms with Gasteiger partial charge in [0.25, 0.3) is 0 Å². The number of carbonyl (C=O) groups excluding carboxylic acids is 1. The minimum absolute atomic E-state index is 0.0315. The molecule has 0 bridgehead atoms. The normalized spacial score (nSPS) is 14.9. The molecule has 34 heavy (non-hydrogen) atoms. The van der Waals surface area contributed by atoms with Crippen molar-refractivity contribution in [3.8, 4) is 16.9 Å². The Morgan fingerprint density at radius 3 is 2.47 bits per heavy atom. The number of anilines is 2. The minimum atomic E-state index is -0.254. The van der Waals surface area contributed by atoms with E-state index in [1.54, 1.807) is 6.07 Å². The molecule has 4 aromatic rings. The van der Waals surface area contributed by atoms with Crippen LogP contribution in [0.2, 0.25) is 10.0 Å². The highest BCUT2D eigenvalue weighted by Gasteiger charge is 2.28. The highest BCUT2D eigenvalue weighted by Crippen LogP contribution is 2.40. The van der Waals surface area contributed by atoms with Crippen molar-refractivity contribution in [3.63, 3.8) is 0 Å². The number of halogens is 2. The van der Waals surface area contributed by atoms with Crippen molar-refractivity contribution in [2.75, 3.05) is 30.9 Å². The second-order valence-electron chi connectivity index (χ2n) is 8.63. The summed E-state index contributed by atoms with van der Waals surface area (Å²) in [6, 6.07) is 23.5. The third-order valence-corrected chi connectivity index (χ3v) is 6.62. The third kappa shape index (κ3) is 4.20. The van der Waals surface area contributed by atoms with Gasteiger partial charge in [-0.15, -0.1) is 0 Å². The van der Waals surface area contributed by atoms with Crippen molar-refractivity contribution < 1.29 is 9.53 Å². The highest BCUT2D eigenvalue weighted by atomic mass is 35.5. The summed E-state index contributed by atoms with van der Waals surface area (Å²) in [7, 11) is 3.97. The zero-order valence-electron chi connectivity index (χ0n) is 18.9. The lowest BCUT2D eigenvalue weighted by Crippen LogP contribution is -2.27. The Hall–Kier alpha value is -3.21. The van der Waals surface area contributed by atoms with Gasteiger partial charge >= 0.3 is 0 Å². The van der Waals surface area contributed by atoms with Gasteiger partial charge in [-0.3, -0.25) is 4.79 Å². The smallest absolute Gasteiger partial charge is 0.232 e. The molecule has 1 heterocycles. The molecule has 1 aliphatic rings. The van der Waals surface area contributed by atoms with E-state index in [-0.39, 0.29) is 11.8 Å². The summed E-state index contributed by atoms with van der Waals surface area (Å²) < 4.78 is 5.74. The van der Waals surface area contributed by atoms with Gasteiger partial charge in [0, 0.05) is 35.1 Å². The zero-order chi connectivity index (χ0) is 23.8. The second kappa shape index (κ2) is 9.21. The lowest BCUT2D eigenvalue weighted by Gasteiger charge is -2.27. The number of ether oxygens (including phenoxy) is 1. The van der Waals surface area contributed by atoms with Crippen LogP contribution in [0.15, 0.2) is 72.8 Å². The van der Waals surface area contributed by atoms with Crippen LogP contribution in [-0.4, -0.2) is 26.6 Å². The largest absolute Gasteiger partial charge is 0.493 e. The minimum Gasteiger partial charge on any atom is -0.493 e. The molecule has 6 heteroatoms. The van der Waals surface area contributed by atoms with Gasteiger partial charge in [-0.2, -0.15) is 0 Å². The summed E-state index contributed by atoms with van der Waals surface area (Å²) in [6.45, 7) is 0.527. The van der Waals surface area contributed by atoms with Gasteiger partial charge in [0.2, 0.25) is 5.91 Å². The molecular formula is C28H24Cl2N2O2. The molecule has 0 aromatic heterocycles. The van der Waals surface area contributed by atoms with E-state index in [1.807, 2.05) is 73.6 Å². The molecule has 1 aliphatic heterocycles. The van der Waals surface area contributed by atoms with Crippen LogP contribution in [-0.2, 0) is 4.79 Å². The van der Waals surface area contributed by atoms with Crippen LogP contribution in [0.5, 0.6) is 5.75 Å². The number of amides is 1. The predicted octanol–water partition coefficient (Wildman–Crippen LogP) is 7.38. The van der Waals surface area contributed by atoms with Crippen LogP contribution in [0.4, 0.5) is 11.4 Å². The number of hydrogen-bond donors (Lipinski definition) is 1. The average Bonchev–Trinajstić information content (AvgIpc) is 2.82. The van der Waals surface area contributed by atoms with Crippen molar-refractivity contribution in [1.82, 2.24) is 0 Å². The van der Waals surface area contributed by atoms with Gasteiger partial charge in [0.1, 0.15) is 5.75 Å². The van der Waals surface area contributed by atoms with E-state index >= 15 is 0 Å². The summed E-state index contributed by atoms with van der Waals surface area (Å²) in [5.74, 6) is 0.497. The van der Waals surface area contributed by atoms with Crippen LogP contribution in [0.3, 0.4) is 0 Å². The van der Waals surface area contributed by atoms with E-state index in [1.165, 1.54) is 0 Å². The summed E-state index contributed by atoms with van der Waals surface area (Å²) in [6.07, 6.45) is 0.646. The maximum Gasteiger partial charge on any atom is 0.232 e. The number of nitrogens with zero attached hydrogens (tertiary/aromatic N) is 1. The number of fused-ring (bicyclic) bond motifs is 2. The third-order valence-electron chi connectivity index (χ3n) is 6.19. The van der Waals surface area contributed by atoms with E-state index < -0.39 is 0 Å². The monoisotopic (exact) mass is 490 g/mol. The average molecular weight is 491 g/mol. The Bertz CT molecular complexity index is 1380. The lowest BCUT2D eigenvalue weighted by atomic mass is 9.92. The fraction of sp³-hybridized carbons (Fsp3) is 0.179. The van der Waals surface area contributed by atoms with E-state index in [2.05, 4.69) is 17.4 Å². The number of carbonyl (C=O) groups is 1. The van der Waals surface area contributed by atoms with Gasteiger partial charge < -0.3 is 15.0 Å². The fourth-order valence-corrected chi connectivity index (χ4v) is 5.25. The van der Waals surface area contributed by atoms with Crippen LogP contribution in [0.1, 0.15) is 17.9 Å². The summed E-state index contributed by atoms with van der Waals surface area (Å²) >= 11 is 12.6. The quantitative estimate of drug-likeness (QED) is 0.324. The van der Waals surface area contributed by atoms with E-state index in [0.717, 1.165) is 44.6 Å². The maximum atomic E-state index is 13.4. The molecule has 172 valence electrons. The Balaban J connectivity index is 1.57. The van der Waals surface area contributed by atoms with E-state index in [0.29, 0.717) is 23.1 Å². The zero-order valence-corrected chi connectivity index (χ0v) is 20.5. The molecule has 0 radical (unpaired) electrons. The van der Waals surface area contributed by atoms with Crippen LogP contribution < -0.4 is 15.0 Å². The number of benzene rings is 4. The molecule has 0 spiro atoms. The first-order valence-corrected chi connectivity index (χ1v) is 11.9. The number of para-hydroxylation sites is 1. The first-order chi connectivity index (χ1) is 16.4. The molecule has 1 N–H and O–H groups in total. The van der Waals surface area contributed by atoms with Gasteiger partial charge in [-0.25, -0.2) is 0 Å². The molecular weight excluding hydrogens is 467 g/mol. The number of nitrogens with one attached hydrogen (secondary N) is 1. The van der Waals surface area contributed by atoms with Gasteiger partial charge in [0.05, 0.1) is 23.9 Å². The van der Waals surface area contributed by atoms with Gasteiger partial charge in [-0.1, -0.05) is 65.7 Å². The lowest BCUT2D eigenvalue weighted by molar-refractivity contribution is -0.118. The van der Waals surface area contributed by atoms with Crippen molar-refractivity contribution >= 4 is 51.3 Å². The van der Waals surface area contributed by atoms with Crippen molar-refractivity contribution in [2.45, 2.75) is 12.3 Å². The Morgan fingerprint density at radius 1 is 0.941 bits per heavy atom. The molecule has 5 rings (SSSR count). The van der Waals surface area contributed by atoms with Gasteiger partial charge in [0.15, 0.2) is 0 Å². The highest BCUT2D eigenvalue weighted by molar-refractivity contribution is 6.35. The second-order valence-corrected chi connectivity index (χ2v) is 9.50. The SMILES string of the molecule is CN(C)c1c(NC(=O)[C@H]2CCOc3ccccc32)ccc2c(-c3cc(Cl)cc(Cl)c3)cccc12. The molecule has 0 saturated heterocycles. The van der Waals surface area contributed by atoms with Crippen LogP contribution >= 0.6 is 23.2 Å². The number of rotatable bonds is 4. The molecule has 1 amide bonds. The van der Waals surface area contributed by atoms with Crippen molar-refractivity contribution in [2.24, 2.45) is 0 Å². The molecule has 0 fully saturated rings. The fourth-order valence-electron chi connectivity index (χ4n) is 4.72. The molecule has 1 atom stereocenters. The molecule has 0 aliphatic carbocycles. The first-order valence-electron chi connectivity index (χ1n) is 11.1. The Kier molecular flexibility index (Phi) is 6.11. The molecule has 4 nitrogen and oxygen atoms in total. The Labute approximate surface area is 209 Å².